The fourth-order valence-corrected chi connectivity index (χ4v) is 0.963. The maximum absolute atomic E-state index is 12.9. The second kappa shape index (κ2) is 4.84. The lowest BCUT2D eigenvalue weighted by Crippen LogP contribution is -2.17. The van der Waals surface area contributed by atoms with Crippen molar-refractivity contribution in [3.05, 3.63) is 28.8 Å². The van der Waals surface area contributed by atoms with E-state index in [2.05, 4.69) is 9.72 Å². The van der Waals surface area contributed by atoms with Gasteiger partial charge in [0.1, 0.15) is 0 Å². The number of ether oxygens (including phenoxy) is 1. The van der Waals surface area contributed by atoms with Gasteiger partial charge in [-0.1, -0.05) is 11.6 Å². The molecule has 1 aromatic heterocycles. The first kappa shape index (κ1) is 11.6. The Labute approximate surface area is 90.0 Å². The Morgan fingerprint density at radius 1 is 1.60 bits per heavy atom. The van der Waals surface area contributed by atoms with E-state index in [0.717, 1.165) is 12.3 Å². The topological polar surface area (TPSA) is 56.3 Å². The van der Waals surface area contributed by atoms with E-state index in [9.17, 15) is 14.0 Å². The molecule has 0 aliphatic carbocycles. The third kappa shape index (κ3) is 2.73. The van der Waals surface area contributed by atoms with Crippen molar-refractivity contribution < 1.29 is 18.7 Å². The first-order valence-electron chi connectivity index (χ1n) is 4.08. The Kier molecular flexibility index (Phi) is 3.74. The van der Waals surface area contributed by atoms with Crippen molar-refractivity contribution in [1.29, 1.82) is 0 Å². The molecule has 0 fully saturated rings. The van der Waals surface area contributed by atoms with Gasteiger partial charge in [-0.3, -0.25) is 4.79 Å². The van der Waals surface area contributed by atoms with E-state index >= 15 is 0 Å². The van der Waals surface area contributed by atoms with Crippen LogP contribution in [-0.4, -0.2) is 23.3 Å². The number of ketones is 1. The van der Waals surface area contributed by atoms with Crippen LogP contribution < -0.4 is 0 Å². The summed E-state index contributed by atoms with van der Waals surface area (Å²) in [6, 6.07) is 0.842. The highest BCUT2D eigenvalue weighted by Gasteiger charge is 2.19. The van der Waals surface area contributed by atoms with Crippen LogP contribution in [-0.2, 0) is 9.53 Å². The Morgan fingerprint density at radius 3 is 2.80 bits per heavy atom. The highest BCUT2D eigenvalue weighted by Crippen LogP contribution is 2.12. The molecule has 6 heteroatoms. The Hall–Kier alpha value is -1.49. The minimum absolute atomic E-state index is 0.0775. The third-order valence-corrected chi connectivity index (χ3v) is 1.80. The van der Waals surface area contributed by atoms with E-state index in [1.807, 2.05) is 0 Å². The lowest BCUT2D eigenvalue weighted by Gasteiger charge is -2.00. The summed E-state index contributed by atoms with van der Waals surface area (Å²) in [5.74, 6) is -2.84. The summed E-state index contributed by atoms with van der Waals surface area (Å²) >= 11 is 5.31. The average molecular weight is 232 g/mol. The SMILES string of the molecule is CCOC(=O)C(=O)c1cnc(Cl)c(F)c1. The molecule has 0 amide bonds. The predicted octanol–water partition coefficient (Wildman–Crippen LogP) is 1.62. The number of halogens is 2. The maximum Gasteiger partial charge on any atom is 0.379 e. The number of carbonyl (C=O) groups excluding carboxylic acids is 2. The molecule has 0 N–H and O–H groups in total. The van der Waals surface area contributed by atoms with Gasteiger partial charge in [0.05, 0.1) is 12.2 Å². The van der Waals surface area contributed by atoms with Crippen LogP contribution in [0.15, 0.2) is 12.3 Å². The first-order valence-corrected chi connectivity index (χ1v) is 4.46. The van der Waals surface area contributed by atoms with Gasteiger partial charge in [-0.2, -0.15) is 0 Å². The van der Waals surface area contributed by atoms with E-state index in [1.54, 1.807) is 6.92 Å². The van der Waals surface area contributed by atoms with E-state index < -0.39 is 17.6 Å². The monoisotopic (exact) mass is 231 g/mol. The van der Waals surface area contributed by atoms with Gasteiger partial charge in [-0.25, -0.2) is 14.2 Å². The molecule has 0 saturated carbocycles. The number of hydrogen-bond donors (Lipinski definition) is 0. The summed E-state index contributed by atoms with van der Waals surface area (Å²) in [6.07, 6.45) is 1.02. The standard InChI is InChI=1S/C9H7ClFNO3/c1-2-15-9(14)7(13)5-3-6(11)8(10)12-4-5/h3-4H,2H2,1H3. The minimum Gasteiger partial charge on any atom is -0.460 e. The maximum atomic E-state index is 12.9. The summed E-state index contributed by atoms with van der Waals surface area (Å²) in [7, 11) is 0. The Bertz CT molecular complexity index is 408. The number of aromatic nitrogens is 1. The summed E-state index contributed by atoms with van der Waals surface area (Å²) < 4.78 is 17.3. The van der Waals surface area contributed by atoms with Crippen LogP contribution in [0.4, 0.5) is 4.39 Å². The molecule has 0 spiro atoms. The summed E-state index contributed by atoms with van der Waals surface area (Å²) in [5.41, 5.74) is -0.185. The molecule has 0 aromatic carbocycles. The summed E-state index contributed by atoms with van der Waals surface area (Å²) in [6.45, 7) is 1.64. The van der Waals surface area contributed by atoms with Crippen molar-refractivity contribution >= 4 is 23.4 Å². The van der Waals surface area contributed by atoms with Crippen molar-refractivity contribution in [3.8, 4) is 0 Å². The quantitative estimate of drug-likeness (QED) is 0.343. The molecule has 0 saturated heterocycles. The smallest absolute Gasteiger partial charge is 0.379 e. The van der Waals surface area contributed by atoms with Crippen LogP contribution in [0.5, 0.6) is 0 Å². The predicted molar refractivity (Wildman–Crippen MR) is 50.2 cm³/mol. The van der Waals surface area contributed by atoms with Crippen molar-refractivity contribution in [2.24, 2.45) is 0 Å². The van der Waals surface area contributed by atoms with Crippen molar-refractivity contribution in [1.82, 2.24) is 4.98 Å². The van der Waals surface area contributed by atoms with Gasteiger partial charge in [-0.05, 0) is 13.0 Å². The van der Waals surface area contributed by atoms with Crippen molar-refractivity contribution in [2.75, 3.05) is 6.61 Å². The second-order valence-corrected chi connectivity index (χ2v) is 2.90. The Morgan fingerprint density at radius 2 is 2.27 bits per heavy atom. The summed E-state index contributed by atoms with van der Waals surface area (Å²) in [4.78, 5) is 25.7. The van der Waals surface area contributed by atoms with Crippen LogP contribution in [0, 0.1) is 5.82 Å². The second-order valence-electron chi connectivity index (χ2n) is 2.55. The number of Topliss-reactive ketones (excluding diaryl/α,β-unsaturated/α-hetero) is 1. The van der Waals surface area contributed by atoms with Crippen LogP contribution >= 0.6 is 11.6 Å². The largest absolute Gasteiger partial charge is 0.460 e. The van der Waals surface area contributed by atoms with Gasteiger partial charge in [0.2, 0.25) is 0 Å². The van der Waals surface area contributed by atoms with E-state index in [4.69, 9.17) is 11.6 Å². The van der Waals surface area contributed by atoms with Gasteiger partial charge in [-0.15, -0.1) is 0 Å². The fourth-order valence-electron chi connectivity index (χ4n) is 0.860. The van der Waals surface area contributed by atoms with Crippen LogP contribution in [0.1, 0.15) is 17.3 Å². The molecule has 4 nitrogen and oxygen atoms in total. The molecule has 0 aliphatic rings. The van der Waals surface area contributed by atoms with E-state index in [1.165, 1.54) is 0 Å². The lowest BCUT2D eigenvalue weighted by molar-refractivity contribution is -0.137. The normalized spacial score (nSPS) is 9.80. The van der Waals surface area contributed by atoms with Crippen molar-refractivity contribution in [2.45, 2.75) is 6.92 Å². The van der Waals surface area contributed by atoms with Crippen LogP contribution in [0.3, 0.4) is 0 Å². The Balaban J connectivity index is 2.92. The fraction of sp³-hybridized carbons (Fsp3) is 0.222. The molecule has 0 radical (unpaired) electrons. The molecule has 1 aromatic rings. The third-order valence-electron chi connectivity index (χ3n) is 1.52. The zero-order chi connectivity index (χ0) is 11.4. The van der Waals surface area contributed by atoms with Gasteiger partial charge in [0.25, 0.3) is 5.78 Å². The van der Waals surface area contributed by atoms with Crippen LogP contribution in [0.2, 0.25) is 5.15 Å². The molecule has 0 bridgehead atoms. The first-order chi connectivity index (χ1) is 7.06. The molecule has 15 heavy (non-hydrogen) atoms. The number of esters is 1. The molecule has 1 heterocycles. The number of nitrogens with zero attached hydrogens (tertiary/aromatic N) is 1. The molecule has 1 rings (SSSR count). The molecular formula is C9H7ClFNO3. The molecule has 0 aliphatic heterocycles. The van der Waals surface area contributed by atoms with Gasteiger partial charge in [0.15, 0.2) is 11.0 Å². The number of rotatable bonds is 3. The molecule has 80 valence electrons. The van der Waals surface area contributed by atoms with Crippen molar-refractivity contribution in [3.63, 3.8) is 0 Å². The molecule has 0 atom stereocenters. The van der Waals surface area contributed by atoms with Gasteiger partial charge < -0.3 is 4.74 Å². The van der Waals surface area contributed by atoms with Crippen LogP contribution in [0.25, 0.3) is 0 Å². The van der Waals surface area contributed by atoms with Gasteiger partial charge in [0, 0.05) is 6.20 Å². The number of pyridine rings is 1. The van der Waals surface area contributed by atoms with E-state index in [0.29, 0.717) is 0 Å². The summed E-state index contributed by atoms with van der Waals surface area (Å²) in [5, 5.41) is -0.351. The minimum atomic E-state index is -1.04. The zero-order valence-corrected chi connectivity index (χ0v) is 8.55. The van der Waals surface area contributed by atoms with Gasteiger partial charge >= 0.3 is 5.97 Å². The highest BCUT2D eigenvalue weighted by atomic mass is 35.5. The average Bonchev–Trinajstić information content (AvgIpc) is 2.21. The molecular weight excluding hydrogens is 225 g/mol. The lowest BCUT2D eigenvalue weighted by atomic mass is 10.2. The number of carbonyl (C=O) groups is 2. The zero-order valence-electron chi connectivity index (χ0n) is 7.79. The molecule has 0 unspecified atom stereocenters. The van der Waals surface area contributed by atoms with E-state index in [-0.39, 0.29) is 17.3 Å². The highest BCUT2D eigenvalue weighted by molar-refractivity contribution is 6.40. The number of hydrogen-bond acceptors (Lipinski definition) is 4.